The number of β-amino-alcohol motifs (C(OH)–C–C–N with tert-alkyl or cyclic N) is 1. The van der Waals surface area contributed by atoms with E-state index in [1.807, 2.05) is 13.0 Å². The SMILES string of the molecule is CCC(O)CN1CCC(OCCc2ccccc2)CC1. The first-order valence-electron chi connectivity index (χ1n) is 7.84. The molecule has 1 fully saturated rings. The molecular formula is C17H27NO2. The van der Waals surface area contributed by atoms with Crippen molar-refractivity contribution in [2.75, 3.05) is 26.2 Å². The zero-order valence-electron chi connectivity index (χ0n) is 12.5. The van der Waals surface area contributed by atoms with Crippen molar-refractivity contribution in [3.63, 3.8) is 0 Å². The molecule has 0 radical (unpaired) electrons. The fourth-order valence-corrected chi connectivity index (χ4v) is 2.67. The van der Waals surface area contributed by atoms with Gasteiger partial charge in [-0.3, -0.25) is 0 Å². The molecule has 1 saturated heterocycles. The van der Waals surface area contributed by atoms with Gasteiger partial charge < -0.3 is 14.7 Å². The van der Waals surface area contributed by atoms with Crippen molar-refractivity contribution in [3.8, 4) is 0 Å². The van der Waals surface area contributed by atoms with E-state index in [1.165, 1.54) is 5.56 Å². The summed E-state index contributed by atoms with van der Waals surface area (Å²) in [5, 5.41) is 9.67. The first kappa shape index (κ1) is 15.5. The third-order valence-corrected chi connectivity index (χ3v) is 4.06. The van der Waals surface area contributed by atoms with Crippen LogP contribution in [0.15, 0.2) is 30.3 Å². The lowest BCUT2D eigenvalue weighted by Crippen LogP contribution is -2.41. The van der Waals surface area contributed by atoms with Crippen LogP contribution in [0.5, 0.6) is 0 Å². The summed E-state index contributed by atoms with van der Waals surface area (Å²) < 4.78 is 5.98. The Morgan fingerprint density at radius 2 is 1.95 bits per heavy atom. The second-order valence-corrected chi connectivity index (χ2v) is 5.67. The van der Waals surface area contributed by atoms with Crippen molar-refractivity contribution >= 4 is 0 Å². The van der Waals surface area contributed by atoms with E-state index in [-0.39, 0.29) is 6.10 Å². The predicted octanol–water partition coefficient (Wildman–Crippen LogP) is 2.48. The van der Waals surface area contributed by atoms with Crippen LogP contribution in [0.4, 0.5) is 0 Å². The Kier molecular flexibility index (Phi) is 6.51. The zero-order valence-corrected chi connectivity index (χ0v) is 12.5. The highest BCUT2D eigenvalue weighted by Crippen LogP contribution is 2.15. The maximum absolute atomic E-state index is 9.67. The smallest absolute Gasteiger partial charge is 0.0664 e. The highest BCUT2D eigenvalue weighted by molar-refractivity contribution is 5.14. The van der Waals surface area contributed by atoms with Crippen LogP contribution in [0.25, 0.3) is 0 Å². The van der Waals surface area contributed by atoms with E-state index in [4.69, 9.17) is 4.74 Å². The summed E-state index contributed by atoms with van der Waals surface area (Å²) in [4.78, 5) is 2.35. The van der Waals surface area contributed by atoms with Gasteiger partial charge in [-0.2, -0.15) is 0 Å². The number of aliphatic hydroxyl groups excluding tert-OH is 1. The minimum absolute atomic E-state index is 0.175. The second kappa shape index (κ2) is 8.40. The molecule has 3 nitrogen and oxygen atoms in total. The molecule has 0 amide bonds. The Hall–Kier alpha value is -0.900. The Bertz CT molecular complexity index is 361. The zero-order chi connectivity index (χ0) is 14.2. The molecule has 112 valence electrons. The lowest BCUT2D eigenvalue weighted by Gasteiger charge is -2.32. The van der Waals surface area contributed by atoms with E-state index in [2.05, 4.69) is 29.2 Å². The quantitative estimate of drug-likeness (QED) is 0.831. The van der Waals surface area contributed by atoms with E-state index in [9.17, 15) is 5.11 Å². The summed E-state index contributed by atoms with van der Waals surface area (Å²) in [6, 6.07) is 10.5. The van der Waals surface area contributed by atoms with Crippen LogP contribution in [-0.2, 0) is 11.2 Å². The monoisotopic (exact) mass is 277 g/mol. The van der Waals surface area contributed by atoms with Gasteiger partial charge >= 0.3 is 0 Å². The topological polar surface area (TPSA) is 32.7 Å². The van der Waals surface area contributed by atoms with Crippen LogP contribution >= 0.6 is 0 Å². The molecule has 2 rings (SSSR count). The van der Waals surface area contributed by atoms with Gasteiger partial charge in [0.2, 0.25) is 0 Å². The Morgan fingerprint density at radius 1 is 1.25 bits per heavy atom. The van der Waals surface area contributed by atoms with Crippen molar-refractivity contribution in [2.24, 2.45) is 0 Å². The molecule has 1 aliphatic rings. The average Bonchev–Trinajstić information content (AvgIpc) is 2.50. The van der Waals surface area contributed by atoms with Crippen LogP contribution in [-0.4, -0.2) is 48.5 Å². The Labute approximate surface area is 122 Å². The van der Waals surface area contributed by atoms with Crippen molar-refractivity contribution in [2.45, 2.75) is 44.8 Å². The number of nitrogens with zero attached hydrogens (tertiary/aromatic N) is 1. The van der Waals surface area contributed by atoms with Gasteiger partial charge in [0.1, 0.15) is 0 Å². The molecule has 1 N–H and O–H groups in total. The summed E-state index contributed by atoms with van der Waals surface area (Å²) in [6.07, 6.45) is 4.24. The fourth-order valence-electron chi connectivity index (χ4n) is 2.67. The molecule has 0 bridgehead atoms. The maximum Gasteiger partial charge on any atom is 0.0664 e. The first-order valence-corrected chi connectivity index (χ1v) is 7.84. The van der Waals surface area contributed by atoms with Gasteiger partial charge in [0, 0.05) is 19.6 Å². The van der Waals surface area contributed by atoms with Crippen LogP contribution in [0.2, 0.25) is 0 Å². The van der Waals surface area contributed by atoms with Gasteiger partial charge in [-0.25, -0.2) is 0 Å². The number of benzene rings is 1. The summed E-state index contributed by atoms with van der Waals surface area (Å²) in [6.45, 7) is 5.75. The summed E-state index contributed by atoms with van der Waals surface area (Å²) in [5.74, 6) is 0. The molecular weight excluding hydrogens is 250 g/mol. The van der Waals surface area contributed by atoms with Crippen LogP contribution in [0.1, 0.15) is 31.7 Å². The molecule has 0 saturated carbocycles. The first-order chi connectivity index (χ1) is 9.78. The minimum atomic E-state index is -0.175. The molecule has 3 heteroatoms. The van der Waals surface area contributed by atoms with Crippen molar-refractivity contribution in [1.29, 1.82) is 0 Å². The highest BCUT2D eigenvalue weighted by Gasteiger charge is 2.20. The third-order valence-electron chi connectivity index (χ3n) is 4.06. The molecule has 1 heterocycles. The van der Waals surface area contributed by atoms with E-state index in [0.717, 1.165) is 51.9 Å². The molecule has 0 aliphatic carbocycles. The summed E-state index contributed by atoms with van der Waals surface area (Å²) in [5.41, 5.74) is 1.34. The highest BCUT2D eigenvalue weighted by atomic mass is 16.5. The van der Waals surface area contributed by atoms with E-state index in [0.29, 0.717) is 6.10 Å². The number of aliphatic hydroxyl groups is 1. The number of ether oxygens (including phenoxy) is 1. The predicted molar refractivity (Wildman–Crippen MR) is 81.9 cm³/mol. The van der Waals surface area contributed by atoms with Gasteiger partial charge in [0.05, 0.1) is 18.8 Å². The van der Waals surface area contributed by atoms with Gasteiger partial charge in [0.15, 0.2) is 0 Å². The normalized spacial score (nSPS) is 19.1. The van der Waals surface area contributed by atoms with Gasteiger partial charge in [0.25, 0.3) is 0 Å². The van der Waals surface area contributed by atoms with Gasteiger partial charge in [-0.15, -0.1) is 0 Å². The van der Waals surface area contributed by atoms with E-state index in [1.54, 1.807) is 0 Å². The van der Waals surface area contributed by atoms with Crippen LogP contribution < -0.4 is 0 Å². The minimum Gasteiger partial charge on any atom is -0.392 e. The lowest BCUT2D eigenvalue weighted by molar-refractivity contribution is -0.00104. The molecule has 1 aromatic carbocycles. The van der Waals surface area contributed by atoms with Crippen molar-refractivity contribution < 1.29 is 9.84 Å². The fraction of sp³-hybridized carbons (Fsp3) is 0.647. The van der Waals surface area contributed by atoms with E-state index >= 15 is 0 Å². The molecule has 1 aromatic rings. The number of piperidine rings is 1. The summed E-state index contributed by atoms with van der Waals surface area (Å²) in [7, 11) is 0. The van der Waals surface area contributed by atoms with E-state index < -0.39 is 0 Å². The van der Waals surface area contributed by atoms with Gasteiger partial charge in [-0.05, 0) is 31.2 Å². The van der Waals surface area contributed by atoms with Crippen LogP contribution in [0, 0.1) is 0 Å². The van der Waals surface area contributed by atoms with Crippen LogP contribution in [0.3, 0.4) is 0 Å². The molecule has 0 spiro atoms. The number of rotatable bonds is 7. The Balaban J connectivity index is 1.60. The molecule has 1 atom stereocenters. The maximum atomic E-state index is 9.67. The number of hydrogen-bond donors (Lipinski definition) is 1. The molecule has 1 aliphatic heterocycles. The van der Waals surface area contributed by atoms with Gasteiger partial charge in [-0.1, -0.05) is 37.3 Å². The molecule has 20 heavy (non-hydrogen) atoms. The molecule has 0 aromatic heterocycles. The average molecular weight is 277 g/mol. The van der Waals surface area contributed by atoms with Crippen molar-refractivity contribution in [3.05, 3.63) is 35.9 Å². The molecule has 1 unspecified atom stereocenters. The standard InChI is InChI=1S/C17H27NO2/c1-2-16(19)14-18-11-8-17(9-12-18)20-13-10-15-6-4-3-5-7-15/h3-7,16-17,19H,2,8-14H2,1H3. The Morgan fingerprint density at radius 3 is 2.60 bits per heavy atom. The lowest BCUT2D eigenvalue weighted by atomic mass is 10.1. The van der Waals surface area contributed by atoms with Crippen molar-refractivity contribution in [1.82, 2.24) is 4.90 Å². The summed E-state index contributed by atoms with van der Waals surface area (Å²) >= 11 is 0. The third kappa shape index (κ3) is 5.23. The number of likely N-dealkylation sites (tertiary alicyclic amines) is 1. The number of hydrogen-bond acceptors (Lipinski definition) is 3. The second-order valence-electron chi connectivity index (χ2n) is 5.67. The largest absolute Gasteiger partial charge is 0.392 e.